The van der Waals surface area contributed by atoms with Gasteiger partial charge in [-0.25, -0.2) is 0 Å². The first-order valence-corrected chi connectivity index (χ1v) is 6.12. The molecule has 0 radical (unpaired) electrons. The molecule has 0 rings (SSSR count). The van der Waals surface area contributed by atoms with E-state index in [1.54, 1.807) is 0 Å². The highest BCUT2D eigenvalue weighted by molar-refractivity contribution is 7.98. The standard InChI is InChI=1S/C8H18N2S2/c1-3-9-8(11)10-6-4-5-7-12-2/h3-7H2,1-2H3,(H2,9,10,11). The molecular weight excluding hydrogens is 188 g/mol. The van der Waals surface area contributed by atoms with E-state index in [0.717, 1.165) is 18.2 Å². The summed E-state index contributed by atoms with van der Waals surface area (Å²) in [4.78, 5) is 0. The third kappa shape index (κ3) is 8.14. The van der Waals surface area contributed by atoms with Gasteiger partial charge in [-0.1, -0.05) is 0 Å². The number of thiocarbonyl (C=S) groups is 1. The van der Waals surface area contributed by atoms with Gasteiger partial charge in [-0.3, -0.25) is 0 Å². The van der Waals surface area contributed by atoms with Gasteiger partial charge in [0, 0.05) is 13.1 Å². The zero-order chi connectivity index (χ0) is 9.23. The number of hydrogen-bond donors (Lipinski definition) is 2. The predicted octanol–water partition coefficient (Wildman–Crippen LogP) is 1.61. The maximum Gasteiger partial charge on any atom is 0.166 e. The molecule has 0 aromatic carbocycles. The molecule has 0 heterocycles. The van der Waals surface area contributed by atoms with Crippen LogP contribution in [0.5, 0.6) is 0 Å². The molecule has 0 aromatic rings. The van der Waals surface area contributed by atoms with Crippen LogP contribution < -0.4 is 10.6 Å². The molecule has 0 unspecified atom stereocenters. The summed E-state index contributed by atoms with van der Waals surface area (Å²) in [5.41, 5.74) is 0. The van der Waals surface area contributed by atoms with Crippen LogP contribution in [0.25, 0.3) is 0 Å². The maximum atomic E-state index is 5.00. The van der Waals surface area contributed by atoms with Gasteiger partial charge in [-0.2, -0.15) is 11.8 Å². The molecule has 0 saturated carbocycles. The largest absolute Gasteiger partial charge is 0.363 e. The highest BCUT2D eigenvalue weighted by Crippen LogP contribution is 1.97. The zero-order valence-electron chi connectivity index (χ0n) is 7.85. The van der Waals surface area contributed by atoms with E-state index in [0.29, 0.717) is 0 Å². The van der Waals surface area contributed by atoms with Crippen molar-refractivity contribution in [3.05, 3.63) is 0 Å². The van der Waals surface area contributed by atoms with Gasteiger partial charge in [0.25, 0.3) is 0 Å². The van der Waals surface area contributed by atoms with Crippen LogP contribution in [0.2, 0.25) is 0 Å². The normalized spacial score (nSPS) is 9.50. The molecule has 0 amide bonds. The monoisotopic (exact) mass is 206 g/mol. The molecule has 2 nitrogen and oxygen atoms in total. The van der Waals surface area contributed by atoms with Crippen molar-refractivity contribution in [3.8, 4) is 0 Å². The summed E-state index contributed by atoms with van der Waals surface area (Å²) < 4.78 is 0. The van der Waals surface area contributed by atoms with Crippen LogP contribution in [-0.4, -0.2) is 30.2 Å². The smallest absolute Gasteiger partial charge is 0.166 e. The van der Waals surface area contributed by atoms with Crippen molar-refractivity contribution in [2.75, 3.05) is 25.1 Å². The van der Waals surface area contributed by atoms with Crippen molar-refractivity contribution in [3.63, 3.8) is 0 Å². The van der Waals surface area contributed by atoms with Gasteiger partial charge < -0.3 is 10.6 Å². The molecule has 72 valence electrons. The zero-order valence-corrected chi connectivity index (χ0v) is 9.49. The van der Waals surface area contributed by atoms with Gasteiger partial charge in [0.2, 0.25) is 0 Å². The highest BCUT2D eigenvalue weighted by atomic mass is 32.2. The van der Waals surface area contributed by atoms with E-state index in [4.69, 9.17) is 12.2 Å². The lowest BCUT2D eigenvalue weighted by Crippen LogP contribution is -2.35. The van der Waals surface area contributed by atoms with E-state index in [-0.39, 0.29) is 0 Å². The van der Waals surface area contributed by atoms with E-state index in [1.807, 2.05) is 18.7 Å². The summed E-state index contributed by atoms with van der Waals surface area (Å²) in [7, 11) is 0. The van der Waals surface area contributed by atoms with Crippen LogP contribution in [0, 0.1) is 0 Å². The molecule has 4 heteroatoms. The Hall–Kier alpha value is 0.0400. The van der Waals surface area contributed by atoms with Crippen LogP contribution in [0.15, 0.2) is 0 Å². The molecule has 2 N–H and O–H groups in total. The second kappa shape index (κ2) is 9.13. The topological polar surface area (TPSA) is 24.1 Å². The first kappa shape index (κ1) is 12.0. The van der Waals surface area contributed by atoms with Crippen LogP contribution in [-0.2, 0) is 0 Å². The Labute approximate surface area is 84.9 Å². The van der Waals surface area contributed by atoms with E-state index in [9.17, 15) is 0 Å². The molecule has 0 aliphatic rings. The summed E-state index contributed by atoms with van der Waals surface area (Å²) in [6.07, 6.45) is 4.60. The summed E-state index contributed by atoms with van der Waals surface area (Å²) in [5, 5.41) is 6.98. The van der Waals surface area contributed by atoms with E-state index in [1.165, 1.54) is 18.6 Å². The van der Waals surface area contributed by atoms with Crippen molar-refractivity contribution >= 4 is 29.1 Å². The second-order valence-corrected chi connectivity index (χ2v) is 3.88. The van der Waals surface area contributed by atoms with Gasteiger partial charge >= 0.3 is 0 Å². The lowest BCUT2D eigenvalue weighted by molar-refractivity contribution is 0.748. The molecule has 0 atom stereocenters. The Morgan fingerprint density at radius 3 is 2.67 bits per heavy atom. The van der Waals surface area contributed by atoms with Crippen molar-refractivity contribution in [1.29, 1.82) is 0 Å². The first-order valence-electron chi connectivity index (χ1n) is 4.32. The van der Waals surface area contributed by atoms with Gasteiger partial charge in [0.05, 0.1) is 0 Å². The molecule has 0 fully saturated rings. The minimum Gasteiger partial charge on any atom is -0.363 e. The Bertz CT molecular complexity index is 118. The van der Waals surface area contributed by atoms with Crippen molar-refractivity contribution in [2.45, 2.75) is 19.8 Å². The minimum absolute atomic E-state index is 0.779. The van der Waals surface area contributed by atoms with Crippen LogP contribution in [0.4, 0.5) is 0 Å². The van der Waals surface area contributed by atoms with Gasteiger partial charge in [0.15, 0.2) is 5.11 Å². The van der Waals surface area contributed by atoms with E-state index >= 15 is 0 Å². The third-order valence-corrected chi connectivity index (χ3v) is 2.38. The predicted molar refractivity (Wildman–Crippen MR) is 61.9 cm³/mol. The first-order chi connectivity index (χ1) is 5.81. The van der Waals surface area contributed by atoms with E-state index in [2.05, 4.69) is 16.9 Å². The third-order valence-electron chi connectivity index (χ3n) is 1.40. The van der Waals surface area contributed by atoms with Crippen molar-refractivity contribution < 1.29 is 0 Å². The van der Waals surface area contributed by atoms with Crippen molar-refractivity contribution in [2.24, 2.45) is 0 Å². The Morgan fingerprint density at radius 1 is 1.33 bits per heavy atom. The molecule has 12 heavy (non-hydrogen) atoms. The average molecular weight is 206 g/mol. The fraction of sp³-hybridized carbons (Fsp3) is 0.875. The quantitative estimate of drug-likeness (QED) is 0.509. The number of rotatable bonds is 6. The lowest BCUT2D eigenvalue weighted by atomic mass is 10.3. The molecular formula is C8H18N2S2. The fourth-order valence-electron chi connectivity index (χ4n) is 0.796. The Kier molecular flexibility index (Phi) is 9.16. The Balaban J connectivity index is 3.03. The number of unbranched alkanes of at least 4 members (excludes halogenated alkanes) is 1. The molecule has 0 aromatic heterocycles. The number of thioether (sulfide) groups is 1. The molecule has 0 aliphatic carbocycles. The van der Waals surface area contributed by atoms with Gasteiger partial charge in [-0.05, 0) is 44.0 Å². The average Bonchev–Trinajstić information content (AvgIpc) is 2.05. The minimum atomic E-state index is 0.779. The summed E-state index contributed by atoms with van der Waals surface area (Å²) in [6, 6.07) is 0. The maximum absolute atomic E-state index is 5.00. The molecule has 0 saturated heterocycles. The number of nitrogens with one attached hydrogen (secondary N) is 2. The van der Waals surface area contributed by atoms with Crippen LogP contribution >= 0.6 is 24.0 Å². The summed E-state index contributed by atoms with van der Waals surface area (Å²) in [5.74, 6) is 1.25. The van der Waals surface area contributed by atoms with Crippen LogP contribution in [0.3, 0.4) is 0 Å². The SMILES string of the molecule is CCNC(=S)NCCCCSC. The van der Waals surface area contributed by atoms with E-state index < -0.39 is 0 Å². The highest BCUT2D eigenvalue weighted by Gasteiger charge is 1.91. The van der Waals surface area contributed by atoms with Crippen LogP contribution in [0.1, 0.15) is 19.8 Å². The fourth-order valence-corrected chi connectivity index (χ4v) is 1.54. The number of hydrogen-bond acceptors (Lipinski definition) is 2. The van der Waals surface area contributed by atoms with Gasteiger partial charge in [0.1, 0.15) is 0 Å². The molecule has 0 aliphatic heterocycles. The second-order valence-electron chi connectivity index (χ2n) is 2.49. The lowest BCUT2D eigenvalue weighted by Gasteiger charge is -2.07. The van der Waals surface area contributed by atoms with Gasteiger partial charge in [-0.15, -0.1) is 0 Å². The summed E-state index contributed by atoms with van der Waals surface area (Å²) in [6.45, 7) is 3.94. The summed E-state index contributed by atoms with van der Waals surface area (Å²) >= 11 is 6.90. The van der Waals surface area contributed by atoms with Crippen molar-refractivity contribution in [1.82, 2.24) is 10.6 Å². The molecule has 0 spiro atoms. The molecule has 0 bridgehead atoms. The Morgan fingerprint density at radius 2 is 2.08 bits per heavy atom.